The van der Waals surface area contributed by atoms with E-state index in [4.69, 9.17) is 0 Å². The second-order valence-corrected chi connectivity index (χ2v) is 4.24. The molecule has 1 amide bonds. The van der Waals surface area contributed by atoms with Crippen LogP contribution < -0.4 is 21.9 Å². The fourth-order valence-corrected chi connectivity index (χ4v) is 1.58. The van der Waals surface area contributed by atoms with Crippen molar-refractivity contribution < 1.29 is 26.7 Å². The van der Waals surface area contributed by atoms with Gasteiger partial charge < -0.3 is 26.8 Å². The number of hydrogen-bond donors (Lipinski definition) is 1. The minimum absolute atomic E-state index is 0. The summed E-state index contributed by atoms with van der Waals surface area (Å²) in [5, 5.41) is 0. The number of hydrogen-bond acceptors (Lipinski definition) is 2. The van der Waals surface area contributed by atoms with Crippen molar-refractivity contribution in [1.29, 1.82) is 0 Å². The molecule has 5 heteroatoms. The highest BCUT2D eigenvalue weighted by molar-refractivity contribution is 5.78. The van der Waals surface area contributed by atoms with Gasteiger partial charge in [-0.15, -0.1) is 0 Å². The van der Waals surface area contributed by atoms with Crippen LogP contribution >= 0.6 is 0 Å². The number of quaternary nitrogens is 1. The topological polar surface area (TPSA) is 28.0 Å². The van der Waals surface area contributed by atoms with Gasteiger partial charge in [0.05, 0.1) is 13.2 Å². The third-order valence-corrected chi connectivity index (χ3v) is 2.63. The van der Waals surface area contributed by atoms with Crippen LogP contribution in [-0.2, 0) is 4.79 Å². The molecule has 1 aliphatic heterocycles. The van der Waals surface area contributed by atoms with E-state index in [2.05, 4.69) is 25.1 Å². The molecule has 1 unspecified atom stereocenters. The van der Waals surface area contributed by atoms with Crippen LogP contribution in [0.15, 0.2) is 12.4 Å². The van der Waals surface area contributed by atoms with Gasteiger partial charge in [-0.05, 0) is 6.42 Å². The first-order valence-corrected chi connectivity index (χ1v) is 5.62. The zero-order valence-electron chi connectivity index (χ0n) is 10.4. The van der Waals surface area contributed by atoms with Crippen molar-refractivity contribution >= 4 is 5.91 Å². The smallest absolute Gasteiger partial charge is 0.242 e. The molecule has 0 radical (unpaired) electrons. The van der Waals surface area contributed by atoms with Crippen LogP contribution in [0, 0.1) is 0 Å². The molecule has 0 aromatic rings. The molecule has 1 aliphatic rings. The van der Waals surface area contributed by atoms with E-state index in [0.717, 1.165) is 26.1 Å². The first-order valence-electron chi connectivity index (χ1n) is 5.62. The SMILES string of the molecule is CCCCN(C)C(=O)CN1C=C[NH+](C)C1.[Br-]. The lowest BCUT2D eigenvalue weighted by molar-refractivity contribution is -0.826. The number of nitrogens with one attached hydrogen (secondary N) is 1. The van der Waals surface area contributed by atoms with E-state index < -0.39 is 0 Å². The van der Waals surface area contributed by atoms with Crippen LogP contribution in [0.3, 0.4) is 0 Å². The standard InChI is InChI=1S/C11H21N3O.BrH/c1-4-5-6-13(3)11(15)9-14-8-7-12(2)10-14;/h7-8H,4-6,9-10H2,1-3H3;1H. The third-order valence-electron chi connectivity index (χ3n) is 2.63. The monoisotopic (exact) mass is 291 g/mol. The van der Waals surface area contributed by atoms with Crippen molar-refractivity contribution in [1.82, 2.24) is 9.80 Å². The fraction of sp³-hybridized carbons (Fsp3) is 0.727. The summed E-state index contributed by atoms with van der Waals surface area (Å²) in [6, 6.07) is 0. The van der Waals surface area contributed by atoms with Crippen LogP contribution in [0.5, 0.6) is 0 Å². The normalized spacial score (nSPS) is 18.4. The van der Waals surface area contributed by atoms with Gasteiger partial charge in [-0.25, -0.2) is 0 Å². The Balaban J connectivity index is 0.00000225. The van der Waals surface area contributed by atoms with E-state index in [1.807, 2.05) is 18.1 Å². The zero-order chi connectivity index (χ0) is 11.3. The summed E-state index contributed by atoms with van der Waals surface area (Å²) in [6.45, 7) is 4.41. The Morgan fingerprint density at radius 3 is 2.75 bits per heavy atom. The molecular formula is C11H22BrN3O. The van der Waals surface area contributed by atoms with Gasteiger partial charge in [0.25, 0.3) is 0 Å². The van der Waals surface area contributed by atoms with E-state index in [-0.39, 0.29) is 22.9 Å². The van der Waals surface area contributed by atoms with Crippen LogP contribution in [0.1, 0.15) is 19.8 Å². The Kier molecular flexibility index (Phi) is 7.42. The number of carbonyl (C=O) groups excluding carboxylic acids is 1. The van der Waals surface area contributed by atoms with Crippen molar-refractivity contribution in [3.8, 4) is 0 Å². The van der Waals surface area contributed by atoms with Crippen molar-refractivity contribution in [3.05, 3.63) is 12.4 Å². The molecule has 0 aliphatic carbocycles. The molecule has 0 saturated carbocycles. The highest BCUT2D eigenvalue weighted by atomic mass is 79.9. The Morgan fingerprint density at radius 2 is 2.25 bits per heavy atom. The molecule has 16 heavy (non-hydrogen) atoms. The first kappa shape index (κ1) is 15.4. The molecule has 4 nitrogen and oxygen atoms in total. The van der Waals surface area contributed by atoms with Gasteiger partial charge in [-0.2, -0.15) is 0 Å². The molecule has 1 atom stereocenters. The van der Waals surface area contributed by atoms with Gasteiger partial charge in [0.2, 0.25) is 5.91 Å². The summed E-state index contributed by atoms with van der Waals surface area (Å²) < 4.78 is 0. The zero-order valence-corrected chi connectivity index (χ0v) is 12.0. The number of carbonyl (C=O) groups is 1. The van der Waals surface area contributed by atoms with E-state index in [9.17, 15) is 4.79 Å². The van der Waals surface area contributed by atoms with Gasteiger partial charge in [0.15, 0.2) is 6.67 Å². The largest absolute Gasteiger partial charge is 1.00 e. The second-order valence-electron chi connectivity index (χ2n) is 4.24. The van der Waals surface area contributed by atoms with E-state index in [1.165, 1.54) is 4.90 Å². The van der Waals surface area contributed by atoms with Crippen molar-refractivity contribution in [2.24, 2.45) is 0 Å². The Morgan fingerprint density at radius 1 is 1.56 bits per heavy atom. The number of likely N-dealkylation sites (N-methyl/N-ethyl adjacent to an activating group) is 1. The summed E-state index contributed by atoms with van der Waals surface area (Å²) in [5.74, 6) is 0.211. The average Bonchev–Trinajstić information content (AvgIpc) is 2.60. The molecule has 1 rings (SSSR count). The molecule has 0 aromatic carbocycles. The third kappa shape index (κ3) is 4.99. The molecule has 0 spiro atoms. The lowest BCUT2D eigenvalue weighted by atomic mass is 10.3. The Bertz CT molecular complexity index is 245. The van der Waals surface area contributed by atoms with E-state index in [0.29, 0.717) is 6.54 Å². The number of unbranched alkanes of at least 4 members (excludes halogenated alkanes) is 1. The highest BCUT2D eigenvalue weighted by Gasteiger charge is 2.17. The molecular weight excluding hydrogens is 270 g/mol. The second kappa shape index (κ2) is 7.68. The maximum Gasteiger partial charge on any atom is 0.242 e. The summed E-state index contributed by atoms with van der Waals surface area (Å²) in [7, 11) is 3.97. The van der Waals surface area contributed by atoms with Gasteiger partial charge in [0, 0.05) is 13.6 Å². The van der Waals surface area contributed by atoms with E-state index >= 15 is 0 Å². The fourth-order valence-electron chi connectivity index (χ4n) is 1.58. The van der Waals surface area contributed by atoms with Crippen molar-refractivity contribution in [2.45, 2.75) is 19.8 Å². The lowest BCUT2D eigenvalue weighted by Crippen LogP contribution is -3.03. The summed E-state index contributed by atoms with van der Waals surface area (Å²) in [5.41, 5.74) is 0. The molecule has 0 aromatic heterocycles. The van der Waals surface area contributed by atoms with Gasteiger partial charge in [-0.1, -0.05) is 13.3 Å². The molecule has 1 heterocycles. The van der Waals surface area contributed by atoms with Crippen molar-refractivity contribution in [2.75, 3.05) is 33.9 Å². The maximum atomic E-state index is 11.8. The molecule has 0 bridgehead atoms. The highest BCUT2D eigenvalue weighted by Crippen LogP contribution is 1.96. The Hall–Kier alpha value is -0.550. The number of halogens is 1. The summed E-state index contributed by atoms with van der Waals surface area (Å²) in [4.78, 5) is 17.0. The Labute approximate surface area is 109 Å². The quantitative estimate of drug-likeness (QED) is 0.570. The van der Waals surface area contributed by atoms with Crippen LogP contribution in [0.25, 0.3) is 0 Å². The number of amides is 1. The minimum atomic E-state index is 0. The summed E-state index contributed by atoms with van der Waals surface area (Å²) in [6.07, 6.45) is 6.29. The molecule has 0 saturated heterocycles. The van der Waals surface area contributed by atoms with E-state index in [1.54, 1.807) is 0 Å². The minimum Gasteiger partial charge on any atom is -1.00 e. The first-order chi connectivity index (χ1) is 7.13. The molecule has 0 fully saturated rings. The van der Waals surface area contributed by atoms with Gasteiger partial charge in [-0.3, -0.25) is 9.69 Å². The predicted octanol–water partition coefficient (Wildman–Crippen LogP) is -3.49. The molecule has 94 valence electrons. The number of nitrogens with zero attached hydrogens (tertiary/aromatic N) is 2. The van der Waals surface area contributed by atoms with Crippen LogP contribution in [-0.4, -0.2) is 49.6 Å². The lowest BCUT2D eigenvalue weighted by Gasteiger charge is -2.20. The summed E-state index contributed by atoms with van der Waals surface area (Å²) >= 11 is 0. The number of rotatable bonds is 5. The van der Waals surface area contributed by atoms with Gasteiger partial charge >= 0.3 is 0 Å². The maximum absolute atomic E-state index is 11.8. The van der Waals surface area contributed by atoms with Crippen LogP contribution in [0.4, 0.5) is 0 Å². The van der Waals surface area contributed by atoms with Crippen LogP contribution in [0.2, 0.25) is 0 Å². The predicted molar refractivity (Wildman–Crippen MR) is 60.1 cm³/mol. The van der Waals surface area contributed by atoms with Gasteiger partial charge in [0.1, 0.15) is 12.7 Å². The molecule has 1 N–H and O–H groups in total. The average molecular weight is 292 g/mol. The van der Waals surface area contributed by atoms with Crippen molar-refractivity contribution in [3.63, 3.8) is 0 Å².